The molecule has 0 aromatic heterocycles. The molecule has 3 aliphatic rings. The summed E-state index contributed by atoms with van der Waals surface area (Å²) in [7, 11) is 0. The summed E-state index contributed by atoms with van der Waals surface area (Å²) >= 11 is 0. The molecule has 8 heteroatoms. The summed E-state index contributed by atoms with van der Waals surface area (Å²) in [6.45, 7) is -0.00233. The fourth-order valence-corrected chi connectivity index (χ4v) is 5.20. The number of carbonyl (C=O) groups excluding carboxylic acids is 2. The number of hydrogen-bond donors (Lipinski definition) is 3. The van der Waals surface area contributed by atoms with Crippen molar-refractivity contribution in [2.75, 3.05) is 19.7 Å². The molecule has 8 nitrogen and oxygen atoms in total. The fourth-order valence-electron chi connectivity index (χ4n) is 5.20. The molecule has 0 bridgehead atoms. The lowest BCUT2D eigenvalue weighted by Crippen LogP contribution is -2.63. The number of amides is 2. The number of aliphatic carboxylic acids is 1. The number of nitrogens with zero attached hydrogens (tertiary/aromatic N) is 1. The first-order chi connectivity index (χ1) is 15.8. The Morgan fingerprint density at radius 2 is 1.61 bits per heavy atom. The van der Waals surface area contributed by atoms with Gasteiger partial charge in [0.15, 0.2) is 5.60 Å². The lowest BCUT2D eigenvalue weighted by atomic mass is 9.75. The van der Waals surface area contributed by atoms with Crippen LogP contribution in [0.5, 0.6) is 0 Å². The van der Waals surface area contributed by atoms with Crippen LogP contribution in [0.15, 0.2) is 48.5 Å². The van der Waals surface area contributed by atoms with E-state index in [2.05, 4.69) is 17.4 Å². The van der Waals surface area contributed by atoms with Crippen LogP contribution in [0.3, 0.4) is 0 Å². The topological polar surface area (TPSA) is 116 Å². The zero-order chi connectivity index (χ0) is 23.2. The van der Waals surface area contributed by atoms with E-state index >= 15 is 0 Å². The summed E-state index contributed by atoms with van der Waals surface area (Å²) in [5.41, 5.74) is 1.42. The maximum Gasteiger partial charge on any atom is 0.408 e. The van der Waals surface area contributed by atoms with Gasteiger partial charge in [-0.25, -0.2) is 9.59 Å². The number of aliphatic hydroxyl groups is 1. The zero-order valence-corrected chi connectivity index (χ0v) is 18.1. The molecule has 33 heavy (non-hydrogen) atoms. The van der Waals surface area contributed by atoms with E-state index in [1.54, 1.807) is 0 Å². The number of carboxylic acids is 1. The number of ether oxygens (including phenoxy) is 1. The molecule has 1 saturated heterocycles. The molecule has 1 saturated carbocycles. The molecule has 0 spiro atoms. The molecule has 2 aliphatic carbocycles. The van der Waals surface area contributed by atoms with E-state index in [-0.39, 0.29) is 37.9 Å². The Kier molecular flexibility index (Phi) is 5.12. The van der Waals surface area contributed by atoms with Crippen LogP contribution in [-0.2, 0) is 14.3 Å². The first-order valence-electron chi connectivity index (χ1n) is 11.2. The molecule has 1 unspecified atom stereocenters. The normalized spacial score (nSPS) is 22.8. The third-order valence-corrected chi connectivity index (χ3v) is 7.23. The summed E-state index contributed by atoms with van der Waals surface area (Å²) in [5, 5.41) is 22.2. The van der Waals surface area contributed by atoms with Gasteiger partial charge < -0.3 is 25.2 Å². The summed E-state index contributed by atoms with van der Waals surface area (Å²) in [6.07, 6.45) is 0.982. The van der Waals surface area contributed by atoms with Crippen molar-refractivity contribution in [1.29, 1.82) is 0 Å². The lowest BCUT2D eigenvalue weighted by Gasteiger charge is -2.42. The highest BCUT2D eigenvalue weighted by atomic mass is 16.5. The van der Waals surface area contributed by atoms with Crippen LogP contribution in [0, 0.1) is 0 Å². The predicted octanol–water partition coefficient (Wildman–Crippen LogP) is 2.50. The molecular formula is C25H26N2O6. The SMILES string of the molecule is O=C(NC1(C(=O)N2CCC(O)(C(=O)O)C2)CCC1)OCC1c2ccccc2-c2ccccc21. The van der Waals surface area contributed by atoms with E-state index in [1.165, 1.54) is 4.90 Å². The Morgan fingerprint density at radius 3 is 2.12 bits per heavy atom. The second-order valence-electron chi connectivity index (χ2n) is 9.20. The average Bonchev–Trinajstić information content (AvgIpc) is 3.34. The molecule has 2 amide bonds. The van der Waals surface area contributed by atoms with Gasteiger partial charge in [-0.05, 0) is 41.5 Å². The fraction of sp³-hybridized carbons (Fsp3) is 0.400. The van der Waals surface area contributed by atoms with Gasteiger partial charge in [-0.15, -0.1) is 0 Å². The molecule has 1 heterocycles. The largest absolute Gasteiger partial charge is 0.479 e. The number of rotatable bonds is 5. The van der Waals surface area contributed by atoms with Gasteiger partial charge in [0.05, 0.1) is 6.54 Å². The molecule has 2 fully saturated rings. The van der Waals surface area contributed by atoms with Gasteiger partial charge in [0.25, 0.3) is 0 Å². The Labute approximate surface area is 191 Å². The van der Waals surface area contributed by atoms with E-state index in [1.807, 2.05) is 36.4 Å². The standard InChI is InChI=1S/C25H26N2O6/c28-21(27-13-12-25(32,15-27)22(29)30)24(10-5-11-24)26-23(31)33-14-20-18-8-3-1-6-16(18)17-7-2-4-9-19(17)20/h1-4,6-9,20,32H,5,10-15H2,(H,26,31)(H,29,30). The minimum absolute atomic E-state index is 0.0326. The molecule has 1 atom stereocenters. The van der Waals surface area contributed by atoms with Gasteiger partial charge >= 0.3 is 12.1 Å². The molecule has 2 aromatic rings. The predicted molar refractivity (Wildman–Crippen MR) is 119 cm³/mol. The van der Waals surface area contributed by atoms with Crippen molar-refractivity contribution in [2.24, 2.45) is 0 Å². The van der Waals surface area contributed by atoms with Gasteiger partial charge in [0.2, 0.25) is 5.91 Å². The maximum absolute atomic E-state index is 13.1. The second-order valence-corrected chi connectivity index (χ2v) is 9.20. The first kappa shape index (κ1) is 21.5. The van der Waals surface area contributed by atoms with Crippen molar-refractivity contribution in [1.82, 2.24) is 10.2 Å². The Morgan fingerprint density at radius 1 is 1.00 bits per heavy atom. The Bertz CT molecular complexity index is 1080. The van der Waals surface area contributed by atoms with Crippen molar-refractivity contribution in [2.45, 2.75) is 42.7 Å². The van der Waals surface area contributed by atoms with Crippen molar-refractivity contribution >= 4 is 18.0 Å². The number of carbonyl (C=O) groups is 3. The van der Waals surface area contributed by atoms with Crippen molar-refractivity contribution in [3.63, 3.8) is 0 Å². The molecule has 0 radical (unpaired) electrons. The smallest absolute Gasteiger partial charge is 0.408 e. The first-order valence-corrected chi connectivity index (χ1v) is 11.2. The molecule has 2 aromatic carbocycles. The van der Waals surface area contributed by atoms with E-state index in [9.17, 15) is 24.6 Å². The second kappa shape index (κ2) is 7.88. The molecule has 3 N–H and O–H groups in total. The summed E-state index contributed by atoms with van der Waals surface area (Å²) < 4.78 is 5.60. The van der Waals surface area contributed by atoms with Gasteiger partial charge in [0.1, 0.15) is 12.1 Å². The van der Waals surface area contributed by atoms with Crippen LogP contribution < -0.4 is 5.32 Å². The van der Waals surface area contributed by atoms with E-state index in [4.69, 9.17) is 4.74 Å². The third-order valence-electron chi connectivity index (χ3n) is 7.23. The summed E-state index contributed by atoms with van der Waals surface area (Å²) in [6, 6.07) is 16.1. The number of nitrogens with one attached hydrogen (secondary N) is 1. The van der Waals surface area contributed by atoms with Gasteiger partial charge in [-0.2, -0.15) is 0 Å². The minimum Gasteiger partial charge on any atom is -0.479 e. The number of benzene rings is 2. The van der Waals surface area contributed by atoms with Crippen LogP contribution in [-0.4, -0.2) is 63.9 Å². The van der Waals surface area contributed by atoms with E-state index in [0.717, 1.165) is 28.7 Å². The number of β-amino-alcohol motifs (C(OH)–C–C–N with tert-alkyl or cyclic N) is 1. The highest BCUT2D eigenvalue weighted by Crippen LogP contribution is 2.44. The Balaban J connectivity index is 1.26. The van der Waals surface area contributed by atoms with Crippen LogP contribution in [0.25, 0.3) is 11.1 Å². The highest BCUT2D eigenvalue weighted by Gasteiger charge is 2.52. The van der Waals surface area contributed by atoms with Crippen molar-refractivity contribution in [3.05, 3.63) is 59.7 Å². The quantitative estimate of drug-likeness (QED) is 0.645. The van der Waals surface area contributed by atoms with Crippen molar-refractivity contribution in [3.8, 4) is 11.1 Å². The average molecular weight is 450 g/mol. The summed E-state index contributed by atoms with van der Waals surface area (Å²) in [4.78, 5) is 38.5. The number of alkyl carbamates (subject to hydrolysis) is 1. The maximum atomic E-state index is 13.1. The molecular weight excluding hydrogens is 424 g/mol. The van der Waals surface area contributed by atoms with Crippen LogP contribution in [0.2, 0.25) is 0 Å². The number of fused-ring (bicyclic) bond motifs is 3. The van der Waals surface area contributed by atoms with Crippen LogP contribution in [0.1, 0.15) is 42.7 Å². The number of hydrogen-bond acceptors (Lipinski definition) is 5. The van der Waals surface area contributed by atoms with Crippen LogP contribution >= 0.6 is 0 Å². The molecule has 172 valence electrons. The van der Waals surface area contributed by atoms with Gasteiger partial charge in [-0.3, -0.25) is 4.79 Å². The molecule has 5 rings (SSSR count). The third kappa shape index (κ3) is 3.54. The Hall–Kier alpha value is -3.39. The lowest BCUT2D eigenvalue weighted by molar-refractivity contribution is -0.158. The molecule has 1 aliphatic heterocycles. The van der Waals surface area contributed by atoms with Gasteiger partial charge in [-0.1, -0.05) is 48.5 Å². The van der Waals surface area contributed by atoms with E-state index in [0.29, 0.717) is 12.8 Å². The van der Waals surface area contributed by atoms with Crippen LogP contribution in [0.4, 0.5) is 4.79 Å². The summed E-state index contributed by atoms with van der Waals surface area (Å²) in [5.74, 6) is -1.79. The number of likely N-dealkylation sites (tertiary alicyclic amines) is 1. The van der Waals surface area contributed by atoms with Gasteiger partial charge in [0, 0.05) is 18.9 Å². The minimum atomic E-state index is -1.94. The monoisotopic (exact) mass is 450 g/mol. The highest BCUT2D eigenvalue weighted by molar-refractivity contribution is 5.92. The van der Waals surface area contributed by atoms with E-state index < -0.39 is 23.2 Å². The number of carboxylic acid groups (broad SMARTS) is 1. The zero-order valence-electron chi connectivity index (χ0n) is 18.1. The van der Waals surface area contributed by atoms with Crippen molar-refractivity contribution < 1.29 is 29.3 Å².